The number of allylic oxidation sites excluding steroid dienone is 1. The molecular formula is C14H16N2O3. The van der Waals surface area contributed by atoms with E-state index in [0.717, 1.165) is 37.4 Å². The maximum Gasteiger partial charge on any atom is 0.339 e. The van der Waals surface area contributed by atoms with Gasteiger partial charge in [0.15, 0.2) is 0 Å². The molecule has 5 heteroatoms. The van der Waals surface area contributed by atoms with E-state index in [0.29, 0.717) is 5.82 Å². The number of hydrogen-bond donors (Lipinski definition) is 1. The van der Waals surface area contributed by atoms with Gasteiger partial charge in [0, 0.05) is 19.3 Å². The van der Waals surface area contributed by atoms with Crippen LogP contribution in [-0.2, 0) is 4.74 Å². The lowest BCUT2D eigenvalue weighted by molar-refractivity contribution is -0.127. The fourth-order valence-corrected chi connectivity index (χ4v) is 2.59. The number of carbonyl (C=O) groups is 1. The predicted molar refractivity (Wildman–Crippen MR) is 71.4 cm³/mol. The molecule has 3 heterocycles. The topological polar surface area (TPSA) is 62.7 Å². The first-order chi connectivity index (χ1) is 9.01. The molecule has 100 valence electrons. The average Bonchev–Trinajstić information content (AvgIpc) is 2.25. The van der Waals surface area contributed by atoms with Crippen molar-refractivity contribution in [3.63, 3.8) is 0 Å². The van der Waals surface area contributed by atoms with Gasteiger partial charge in [-0.1, -0.05) is 6.58 Å². The maximum absolute atomic E-state index is 11.4. The van der Waals surface area contributed by atoms with Gasteiger partial charge >= 0.3 is 5.97 Å². The summed E-state index contributed by atoms with van der Waals surface area (Å²) in [6.45, 7) is 8.86. The van der Waals surface area contributed by atoms with E-state index in [1.165, 1.54) is 0 Å². The van der Waals surface area contributed by atoms with E-state index in [4.69, 9.17) is 4.74 Å². The van der Waals surface area contributed by atoms with Gasteiger partial charge in [0.2, 0.25) is 0 Å². The lowest BCUT2D eigenvalue weighted by Gasteiger charge is -2.55. The second kappa shape index (κ2) is 4.06. The van der Waals surface area contributed by atoms with E-state index >= 15 is 0 Å². The Labute approximate surface area is 111 Å². The van der Waals surface area contributed by atoms with E-state index in [-0.39, 0.29) is 11.0 Å². The van der Waals surface area contributed by atoms with Gasteiger partial charge < -0.3 is 14.7 Å². The summed E-state index contributed by atoms with van der Waals surface area (Å²) in [5.74, 6) is -0.397. The molecule has 0 aliphatic carbocycles. The first-order valence-electron chi connectivity index (χ1n) is 6.23. The number of hydrogen-bond acceptors (Lipinski definition) is 4. The molecule has 5 nitrogen and oxygen atoms in total. The van der Waals surface area contributed by atoms with Gasteiger partial charge in [0.25, 0.3) is 0 Å². The fourth-order valence-electron chi connectivity index (χ4n) is 2.59. The third kappa shape index (κ3) is 1.90. The molecular weight excluding hydrogens is 244 g/mol. The fraction of sp³-hybridized carbons (Fsp3) is 0.429. The predicted octanol–water partition coefficient (Wildman–Crippen LogP) is 1.65. The van der Waals surface area contributed by atoms with Gasteiger partial charge in [-0.25, -0.2) is 9.78 Å². The Morgan fingerprint density at radius 3 is 2.68 bits per heavy atom. The molecule has 19 heavy (non-hydrogen) atoms. The number of anilines is 1. The molecule has 0 aromatic carbocycles. The first kappa shape index (κ1) is 12.2. The monoisotopic (exact) mass is 260 g/mol. The Morgan fingerprint density at radius 2 is 2.21 bits per heavy atom. The standard InChI is InChI=1S/C14H16N2O3/c1-9(2)10-3-11(13(17)18)12(15-4-10)16-5-14(6-16)7-19-8-14/h3-4H,1,5-8H2,2H3,(H,17,18). The zero-order valence-corrected chi connectivity index (χ0v) is 10.8. The maximum atomic E-state index is 11.4. The summed E-state index contributed by atoms with van der Waals surface area (Å²) < 4.78 is 5.22. The number of carboxylic acids is 1. The lowest BCUT2D eigenvalue weighted by atomic mass is 9.78. The largest absolute Gasteiger partial charge is 0.478 e. The molecule has 0 radical (unpaired) electrons. The van der Waals surface area contributed by atoms with Gasteiger partial charge in [-0.15, -0.1) is 0 Å². The number of nitrogens with zero attached hydrogens (tertiary/aromatic N) is 2. The molecule has 2 saturated heterocycles. The van der Waals surface area contributed by atoms with E-state index in [1.807, 2.05) is 11.8 Å². The number of carboxylic acid groups (broad SMARTS) is 1. The van der Waals surface area contributed by atoms with Crippen molar-refractivity contribution in [3.05, 3.63) is 30.0 Å². The van der Waals surface area contributed by atoms with Crippen molar-refractivity contribution in [2.45, 2.75) is 6.92 Å². The molecule has 2 aliphatic rings. The number of aromatic carboxylic acids is 1. The van der Waals surface area contributed by atoms with Crippen LogP contribution in [0.4, 0.5) is 5.82 Å². The minimum Gasteiger partial charge on any atom is -0.478 e. The number of ether oxygens (including phenoxy) is 1. The molecule has 0 bridgehead atoms. The highest BCUT2D eigenvalue weighted by atomic mass is 16.5. The molecule has 1 aromatic rings. The summed E-state index contributed by atoms with van der Waals surface area (Å²) in [4.78, 5) is 17.7. The molecule has 1 aromatic heterocycles. The Morgan fingerprint density at radius 1 is 1.53 bits per heavy atom. The Bertz CT molecular complexity index is 556. The molecule has 0 saturated carbocycles. The van der Waals surface area contributed by atoms with Crippen LogP contribution in [0.1, 0.15) is 22.8 Å². The number of rotatable bonds is 3. The molecule has 0 unspecified atom stereocenters. The van der Waals surface area contributed by atoms with Crippen molar-refractivity contribution >= 4 is 17.4 Å². The van der Waals surface area contributed by atoms with Crippen LogP contribution < -0.4 is 4.90 Å². The van der Waals surface area contributed by atoms with Crippen LogP contribution in [0.25, 0.3) is 5.57 Å². The van der Waals surface area contributed by atoms with E-state index in [1.54, 1.807) is 12.3 Å². The lowest BCUT2D eigenvalue weighted by Crippen LogP contribution is -2.66. The van der Waals surface area contributed by atoms with Crippen molar-refractivity contribution in [2.24, 2.45) is 5.41 Å². The summed E-state index contributed by atoms with van der Waals surface area (Å²) in [5, 5.41) is 9.32. The summed E-state index contributed by atoms with van der Waals surface area (Å²) in [7, 11) is 0. The molecule has 0 amide bonds. The summed E-state index contributed by atoms with van der Waals surface area (Å²) in [6.07, 6.45) is 1.69. The smallest absolute Gasteiger partial charge is 0.339 e. The molecule has 3 rings (SSSR count). The summed E-state index contributed by atoms with van der Waals surface area (Å²) in [6, 6.07) is 1.65. The third-order valence-electron chi connectivity index (χ3n) is 3.76. The second-order valence-electron chi connectivity index (χ2n) is 5.53. The Hall–Kier alpha value is -1.88. The van der Waals surface area contributed by atoms with Crippen LogP contribution >= 0.6 is 0 Å². The van der Waals surface area contributed by atoms with Gasteiger partial charge in [-0.2, -0.15) is 0 Å². The highest BCUT2D eigenvalue weighted by molar-refractivity contribution is 5.94. The second-order valence-corrected chi connectivity index (χ2v) is 5.53. The minimum absolute atomic E-state index is 0.241. The van der Waals surface area contributed by atoms with Crippen molar-refractivity contribution in [1.82, 2.24) is 4.98 Å². The van der Waals surface area contributed by atoms with Crippen LogP contribution in [-0.4, -0.2) is 42.4 Å². The van der Waals surface area contributed by atoms with Crippen molar-refractivity contribution in [1.29, 1.82) is 0 Å². The molecule has 1 spiro atoms. The van der Waals surface area contributed by atoms with Crippen LogP contribution in [0.15, 0.2) is 18.8 Å². The Kier molecular flexibility index (Phi) is 2.60. The molecule has 2 fully saturated rings. The van der Waals surface area contributed by atoms with Crippen LogP contribution in [0.2, 0.25) is 0 Å². The van der Waals surface area contributed by atoms with Crippen molar-refractivity contribution < 1.29 is 14.6 Å². The first-order valence-corrected chi connectivity index (χ1v) is 6.23. The molecule has 0 atom stereocenters. The summed E-state index contributed by atoms with van der Waals surface area (Å²) >= 11 is 0. The highest BCUT2D eigenvalue weighted by Gasteiger charge is 2.50. The number of pyridine rings is 1. The zero-order chi connectivity index (χ0) is 13.6. The van der Waals surface area contributed by atoms with Gasteiger partial charge in [0.05, 0.1) is 18.6 Å². The Balaban J connectivity index is 1.88. The van der Waals surface area contributed by atoms with Gasteiger partial charge in [-0.05, 0) is 24.1 Å². The highest BCUT2D eigenvalue weighted by Crippen LogP contribution is 2.40. The minimum atomic E-state index is -0.948. The zero-order valence-electron chi connectivity index (χ0n) is 10.8. The third-order valence-corrected chi connectivity index (χ3v) is 3.76. The summed E-state index contributed by atoms with van der Waals surface area (Å²) in [5.41, 5.74) is 2.07. The van der Waals surface area contributed by atoms with Crippen LogP contribution in [0.5, 0.6) is 0 Å². The van der Waals surface area contributed by atoms with Crippen molar-refractivity contribution in [2.75, 3.05) is 31.2 Å². The van der Waals surface area contributed by atoms with E-state index in [2.05, 4.69) is 11.6 Å². The quantitative estimate of drug-likeness (QED) is 0.895. The SMILES string of the molecule is C=C(C)c1cnc(N2CC3(COC3)C2)c(C(=O)O)c1. The van der Waals surface area contributed by atoms with Gasteiger partial charge in [0.1, 0.15) is 11.4 Å². The molecule has 1 N–H and O–H groups in total. The number of aromatic nitrogens is 1. The van der Waals surface area contributed by atoms with E-state index < -0.39 is 5.97 Å². The molecule has 2 aliphatic heterocycles. The average molecular weight is 260 g/mol. The van der Waals surface area contributed by atoms with Gasteiger partial charge in [-0.3, -0.25) is 0 Å². The van der Waals surface area contributed by atoms with Crippen LogP contribution in [0.3, 0.4) is 0 Å². The van der Waals surface area contributed by atoms with E-state index in [9.17, 15) is 9.90 Å². The normalized spacial score (nSPS) is 19.7. The van der Waals surface area contributed by atoms with Crippen molar-refractivity contribution in [3.8, 4) is 0 Å². The van der Waals surface area contributed by atoms with Crippen LogP contribution in [0, 0.1) is 5.41 Å².